The van der Waals surface area contributed by atoms with E-state index in [0.717, 1.165) is 17.3 Å². The predicted molar refractivity (Wildman–Crippen MR) is 53.0 cm³/mol. The molecule has 1 spiro atoms. The monoisotopic (exact) mass is 166 g/mol. The Bertz CT molecular complexity index is 192. The third kappa shape index (κ3) is 1.30. The van der Waals surface area contributed by atoms with Gasteiger partial charge in [-0.25, -0.2) is 0 Å². The van der Waals surface area contributed by atoms with Gasteiger partial charge >= 0.3 is 0 Å². The molecule has 2 aliphatic carbocycles. The van der Waals surface area contributed by atoms with Gasteiger partial charge in [0.05, 0.1) is 0 Å². The minimum Gasteiger partial charge on any atom is -0.0625 e. The van der Waals surface area contributed by atoms with E-state index in [-0.39, 0.29) is 0 Å². The first-order chi connectivity index (χ1) is 5.44. The van der Waals surface area contributed by atoms with Gasteiger partial charge in [-0.05, 0) is 48.3 Å². The Balaban J connectivity index is 2.11. The molecule has 0 bridgehead atoms. The van der Waals surface area contributed by atoms with Gasteiger partial charge in [0.25, 0.3) is 0 Å². The average Bonchev–Trinajstić information content (AvgIpc) is 2.33. The second kappa shape index (κ2) is 2.27. The van der Waals surface area contributed by atoms with E-state index in [2.05, 4.69) is 27.7 Å². The number of rotatable bonds is 0. The highest BCUT2D eigenvalue weighted by molar-refractivity contribution is 5.05. The van der Waals surface area contributed by atoms with Crippen molar-refractivity contribution in [3.8, 4) is 0 Å². The molecule has 0 radical (unpaired) electrons. The van der Waals surface area contributed by atoms with Crippen molar-refractivity contribution < 1.29 is 0 Å². The van der Waals surface area contributed by atoms with E-state index in [0.29, 0.717) is 5.41 Å². The molecule has 2 unspecified atom stereocenters. The highest BCUT2D eigenvalue weighted by Crippen LogP contribution is 2.65. The summed E-state index contributed by atoms with van der Waals surface area (Å²) in [6, 6.07) is 0. The van der Waals surface area contributed by atoms with Crippen LogP contribution in [0, 0.1) is 22.7 Å². The molecule has 0 nitrogen and oxygen atoms in total. The van der Waals surface area contributed by atoms with E-state index in [1.165, 1.54) is 25.7 Å². The topological polar surface area (TPSA) is 0 Å². The molecule has 0 aromatic rings. The van der Waals surface area contributed by atoms with Crippen LogP contribution >= 0.6 is 0 Å². The minimum atomic E-state index is 0.627. The summed E-state index contributed by atoms with van der Waals surface area (Å²) in [5, 5.41) is 0. The second-order valence-electron chi connectivity index (χ2n) is 6.32. The first-order valence-electron chi connectivity index (χ1n) is 5.44. The van der Waals surface area contributed by atoms with Crippen molar-refractivity contribution in [2.45, 2.75) is 53.4 Å². The van der Waals surface area contributed by atoms with Crippen LogP contribution in [0.1, 0.15) is 53.4 Å². The predicted octanol–water partition coefficient (Wildman–Crippen LogP) is 3.86. The van der Waals surface area contributed by atoms with Crippen molar-refractivity contribution in [1.29, 1.82) is 0 Å². The maximum absolute atomic E-state index is 2.45. The van der Waals surface area contributed by atoms with Crippen molar-refractivity contribution in [3.05, 3.63) is 0 Å². The summed E-state index contributed by atoms with van der Waals surface area (Å²) in [5.41, 5.74) is 1.42. The summed E-state index contributed by atoms with van der Waals surface area (Å²) in [5.74, 6) is 2.00. The Hall–Kier alpha value is 0. The summed E-state index contributed by atoms with van der Waals surface area (Å²) < 4.78 is 0. The zero-order valence-corrected chi connectivity index (χ0v) is 8.98. The largest absolute Gasteiger partial charge is 0.0625 e. The van der Waals surface area contributed by atoms with Crippen LogP contribution in [0.25, 0.3) is 0 Å². The summed E-state index contributed by atoms with van der Waals surface area (Å²) in [6.07, 6.45) is 5.96. The summed E-state index contributed by atoms with van der Waals surface area (Å²) in [6.45, 7) is 9.78. The molecule has 3 atom stereocenters. The quantitative estimate of drug-likeness (QED) is 0.512. The molecule has 70 valence electrons. The first kappa shape index (κ1) is 8.59. The molecule has 0 N–H and O–H groups in total. The van der Waals surface area contributed by atoms with Crippen LogP contribution < -0.4 is 0 Å². The van der Waals surface area contributed by atoms with E-state index in [1.807, 2.05) is 0 Å². The number of hydrogen-bond donors (Lipinski definition) is 0. The Kier molecular flexibility index (Phi) is 1.63. The van der Waals surface area contributed by atoms with Crippen LogP contribution in [0.15, 0.2) is 0 Å². The number of hydrogen-bond acceptors (Lipinski definition) is 0. The molecule has 0 aliphatic heterocycles. The Morgan fingerprint density at radius 3 is 2.00 bits per heavy atom. The maximum Gasteiger partial charge on any atom is -0.0261 e. The van der Waals surface area contributed by atoms with Crippen molar-refractivity contribution in [1.82, 2.24) is 0 Å². The van der Waals surface area contributed by atoms with Gasteiger partial charge < -0.3 is 0 Å². The SMILES string of the molecule is CC1CC(C)(C)C[C@]2(C1)CC2C. The molecular formula is C12H22. The first-order valence-corrected chi connectivity index (χ1v) is 5.44. The summed E-state index contributed by atoms with van der Waals surface area (Å²) in [4.78, 5) is 0. The molecule has 0 heteroatoms. The molecule has 0 amide bonds. The third-order valence-corrected chi connectivity index (χ3v) is 4.08. The van der Waals surface area contributed by atoms with Crippen molar-refractivity contribution in [2.75, 3.05) is 0 Å². The standard InChI is InChI=1S/C12H22/c1-9-5-11(3,4)8-12(6-9)7-10(12)2/h9-10H,5-8H2,1-4H3/t9?,10?,12-/m0/s1. The lowest BCUT2D eigenvalue weighted by Crippen LogP contribution is -2.29. The van der Waals surface area contributed by atoms with E-state index in [9.17, 15) is 0 Å². The van der Waals surface area contributed by atoms with E-state index in [4.69, 9.17) is 0 Å². The van der Waals surface area contributed by atoms with Crippen LogP contribution in [-0.4, -0.2) is 0 Å². The fourth-order valence-corrected chi connectivity index (χ4v) is 3.89. The van der Waals surface area contributed by atoms with Gasteiger partial charge in [0, 0.05) is 0 Å². The Labute approximate surface area is 76.7 Å². The minimum absolute atomic E-state index is 0.627. The Morgan fingerprint density at radius 1 is 1.00 bits per heavy atom. The normalized spacial score (nSPS) is 51.0. The molecule has 0 aromatic heterocycles. The lowest BCUT2D eigenvalue weighted by Gasteiger charge is -2.40. The fraction of sp³-hybridized carbons (Fsp3) is 1.00. The summed E-state index contributed by atoms with van der Waals surface area (Å²) in [7, 11) is 0. The van der Waals surface area contributed by atoms with E-state index < -0.39 is 0 Å². The van der Waals surface area contributed by atoms with Crippen molar-refractivity contribution in [3.63, 3.8) is 0 Å². The van der Waals surface area contributed by atoms with Gasteiger partial charge in [-0.15, -0.1) is 0 Å². The lowest BCUT2D eigenvalue weighted by molar-refractivity contribution is 0.109. The van der Waals surface area contributed by atoms with Crippen molar-refractivity contribution in [2.24, 2.45) is 22.7 Å². The third-order valence-electron chi connectivity index (χ3n) is 4.08. The zero-order valence-electron chi connectivity index (χ0n) is 8.98. The molecule has 2 saturated carbocycles. The molecule has 0 aromatic carbocycles. The molecule has 2 aliphatic rings. The van der Waals surface area contributed by atoms with Crippen LogP contribution in [0.3, 0.4) is 0 Å². The van der Waals surface area contributed by atoms with E-state index in [1.54, 1.807) is 0 Å². The molecule has 12 heavy (non-hydrogen) atoms. The summed E-state index contributed by atoms with van der Waals surface area (Å²) >= 11 is 0. The van der Waals surface area contributed by atoms with Gasteiger partial charge in [0.2, 0.25) is 0 Å². The van der Waals surface area contributed by atoms with Gasteiger partial charge in [0.15, 0.2) is 0 Å². The smallest absolute Gasteiger partial charge is 0.0261 e. The van der Waals surface area contributed by atoms with Gasteiger partial charge in [-0.3, -0.25) is 0 Å². The molecule has 0 saturated heterocycles. The second-order valence-corrected chi connectivity index (χ2v) is 6.32. The Morgan fingerprint density at radius 2 is 1.58 bits per heavy atom. The van der Waals surface area contributed by atoms with Gasteiger partial charge in [-0.1, -0.05) is 27.7 Å². The highest BCUT2D eigenvalue weighted by Gasteiger charge is 2.55. The molecule has 0 heterocycles. The molecule has 2 rings (SSSR count). The van der Waals surface area contributed by atoms with Gasteiger partial charge in [0.1, 0.15) is 0 Å². The average molecular weight is 166 g/mol. The van der Waals surface area contributed by atoms with Crippen LogP contribution in [0.4, 0.5) is 0 Å². The molecule has 2 fully saturated rings. The van der Waals surface area contributed by atoms with E-state index >= 15 is 0 Å². The molecular weight excluding hydrogens is 144 g/mol. The lowest BCUT2D eigenvalue weighted by atomic mass is 9.65. The maximum atomic E-state index is 2.45. The van der Waals surface area contributed by atoms with Crippen LogP contribution in [0.5, 0.6) is 0 Å². The zero-order chi connectivity index (χ0) is 8.98. The van der Waals surface area contributed by atoms with Crippen molar-refractivity contribution >= 4 is 0 Å². The fourth-order valence-electron chi connectivity index (χ4n) is 3.89. The van der Waals surface area contributed by atoms with Gasteiger partial charge in [-0.2, -0.15) is 0 Å². The van der Waals surface area contributed by atoms with Crippen LogP contribution in [0.2, 0.25) is 0 Å². The highest BCUT2D eigenvalue weighted by atomic mass is 14.6. The van der Waals surface area contributed by atoms with Crippen LogP contribution in [-0.2, 0) is 0 Å².